The number of nitro groups is 1. The van der Waals surface area contributed by atoms with Crippen LogP contribution in [0.1, 0.15) is 11.1 Å². The van der Waals surface area contributed by atoms with Crippen LogP contribution < -0.4 is 14.8 Å². The Bertz CT molecular complexity index is 1300. The van der Waals surface area contributed by atoms with E-state index in [9.17, 15) is 20.2 Å². The first kappa shape index (κ1) is 24.8. The van der Waals surface area contributed by atoms with Gasteiger partial charge in [-0.15, -0.1) is 0 Å². The van der Waals surface area contributed by atoms with Gasteiger partial charge in [0.1, 0.15) is 18.2 Å². The van der Waals surface area contributed by atoms with E-state index in [4.69, 9.17) is 21.1 Å². The lowest BCUT2D eigenvalue weighted by Crippen LogP contribution is -2.13. The van der Waals surface area contributed by atoms with E-state index < -0.39 is 10.8 Å². The summed E-state index contributed by atoms with van der Waals surface area (Å²) in [7, 11) is 1.51. The first-order valence-electron chi connectivity index (χ1n) is 9.73. The summed E-state index contributed by atoms with van der Waals surface area (Å²) < 4.78 is 12.2. The predicted molar refractivity (Wildman–Crippen MR) is 132 cm³/mol. The molecule has 0 spiro atoms. The van der Waals surface area contributed by atoms with Gasteiger partial charge in [0.2, 0.25) is 0 Å². The number of anilines is 1. The molecule has 0 unspecified atom stereocenters. The molecule has 3 aromatic carbocycles. The number of benzene rings is 3. The number of hydrogen-bond donors (Lipinski definition) is 1. The maximum absolute atomic E-state index is 12.6. The third kappa shape index (κ3) is 6.34. The normalized spacial score (nSPS) is 10.8. The Hall–Kier alpha value is -3.87. The van der Waals surface area contributed by atoms with Crippen molar-refractivity contribution >= 4 is 50.9 Å². The van der Waals surface area contributed by atoms with Crippen molar-refractivity contribution in [2.24, 2.45) is 0 Å². The molecule has 8 nitrogen and oxygen atoms in total. The second-order valence-corrected chi connectivity index (χ2v) is 8.19. The number of ether oxygens (including phenoxy) is 2. The molecule has 0 bridgehead atoms. The summed E-state index contributed by atoms with van der Waals surface area (Å²) in [6.07, 6.45) is 1.39. The van der Waals surface area contributed by atoms with E-state index in [1.54, 1.807) is 18.2 Å². The average molecular weight is 543 g/mol. The molecule has 0 aliphatic carbocycles. The van der Waals surface area contributed by atoms with Gasteiger partial charge in [-0.05, 0) is 47.5 Å². The van der Waals surface area contributed by atoms with E-state index in [-0.39, 0.29) is 22.0 Å². The molecular formula is C24H17BrClN3O5. The van der Waals surface area contributed by atoms with Crippen molar-refractivity contribution in [3.05, 3.63) is 97.0 Å². The Balaban J connectivity index is 1.80. The second kappa shape index (κ2) is 11.3. The van der Waals surface area contributed by atoms with Crippen LogP contribution in [0.3, 0.4) is 0 Å². The van der Waals surface area contributed by atoms with Crippen LogP contribution in [0.5, 0.6) is 11.5 Å². The zero-order valence-corrected chi connectivity index (χ0v) is 20.1. The van der Waals surface area contributed by atoms with Crippen molar-refractivity contribution in [2.45, 2.75) is 6.61 Å². The van der Waals surface area contributed by atoms with E-state index in [0.29, 0.717) is 23.7 Å². The Morgan fingerprint density at radius 1 is 1.18 bits per heavy atom. The minimum atomic E-state index is -0.716. The molecule has 3 aromatic rings. The molecule has 0 radical (unpaired) electrons. The monoisotopic (exact) mass is 541 g/mol. The number of carbonyl (C=O) groups excluding carboxylic acids is 1. The first-order valence-corrected chi connectivity index (χ1v) is 10.9. The Kier molecular flexibility index (Phi) is 8.24. The fourth-order valence-corrected chi connectivity index (χ4v) is 3.35. The number of nitrogens with one attached hydrogen (secondary N) is 1. The van der Waals surface area contributed by atoms with E-state index >= 15 is 0 Å². The minimum absolute atomic E-state index is 0.0204. The lowest BCUT2D eigenvalue weighted by atomic mass is 10.1. The minimum Gasteiger partial charge on any atom is -0.493 e. The van der Waals surface area contributed by atoms with Gasteiger partial charge in [-0.3, -0.25) is 14.9 Å². The van der Waals surface area contributed by atoms with Gasteiger partial charge in [0.25, 0.3) is 11.6 Å². The largest absolute Gasteiger partial charge is 0.493 e. The summed E-state index contributed by atoms with van der Waals surface area (Å²) in [6.45, 7) is 0.293. The Labute approximate surface area is 208 Å². The quantitative estimate of drug-likeness (QED) is 0.158. The molecule has 1 N–H and O–H groups in total. The molecule has 172 valence electrons. The standard InChI is InChI=1S/C24H17BrClN3O5/c1-33-22-9-4-16(11-23(22)34-14-15-2-5-18(25)6-3-15)10-17(13-27)24(30)28-21-8-7-19(29(31)32)12-20(21)26/h2-12H,14H2,1H3,(H,28,30). The van der Waals surface area contributed by atoms with Crippen LogP contribution in [0.15, 0.2) is 70.7 Å². The van der Waals surface area contributed by atoms with Gasteiger partial charge in [0, 0.05) is 16.6 Å². The Morgan fingerprint density at radius 2 is 1.91 bits per heavy atom. The number of nitro benzene ring substituents is 1. The molecule has 0 aliphatic heterocycles. The summed E-state index contributed by atoms with van der Waals surface area (Å²) in [5, 5.41) is 22.8. The molecule has 0 fully saturated rings. The average Bonchev–Trinajstić information content (AvgIpc) is 2.83. The van der Waals surface area contributed by atoms with Gasteiger partial charge in [-0.25, -0.2) is 0 Å². The SMILES string of the molecule is COc1ccc(C=C(C#N)C(=O)Nc2ccc([N+](=O)[O-])cc2Cl)cc1OCc1ccc(Br)cc1. The summed E-state index contributed by atoms with van der Waals surface area (Å²) >= 11 is 9.41. The molecule has 3 rings (SSSR count). The van der Waals surface area contributed by atoms with Crippen molar-refractivity contribution < 1.29 is 19.2 Å². The van der Waals surface area contributed by atoms with E-state index in [1.807, 2.05) is 30.3 Å². The number of halogens is 2. The van der Waals surface area contributed by atoms with Crippen LogP contribution in [0.2, 0.25) is 5.02 Å². The number of hydrogen-bond acceptors (Lipinski definition) is 6. The number of methoxy groups -OCH3 is 1. The number of nitrogens with zero attached hydrogens (tertiary/aromatic N) is 2. The molecule has 0 aromatic heterocycles. The number of nitriles is 1. The number of amides is 1. The molecule has 0 atom stereocenters. The molecule has 0 saturated carbocycles. The molecule has 0 aliphatic rings. The van der Waals surface area contributed by atoms with Crippen molar-refractivity contribution in [3.8, 4) is 17.6 Å². The predicted octanol–water partition coefficient (Wildman–Crippen LogP) is 6.14. The lowest BCUT2D eigenvalue weighted by molar-refractivity contribution is -0.384. The van der Waals surface area contributed by atoms with Crippen molar-refractivity contribution in [1.82, 2.24) is 0 Å². The highest BCUT2D eigenvalue weighted by Gasteiger charge is 2.15. The van der Waals surface area contributed by atoms with Crippen LogP contribution in [0, 0.1) is 21.4 Å². The Morgan fingerprint density at radius 3 is 2.53 bits per heavy atom. The van der Waals surface area contributed by atoms with Crippen molar-refractivity contribution in [3.63, 3.8) is 0 Å². The van der Waals surface area contributed by atoms with Crippen LogP contribution in [0.25, 0.3) is 6.08 Å². The molecule has 0 saturated heterocycles. The maximum Gasteiger partial charge on any atom is 0.271 e. The second-order valence-electron chi connectivity index (χ2n) is 6.87. The summed E-state index contributed by atoms with van der Waals surface area (Å²) in [6, 6.07) is 18.1. The van der Waals surface area contributed by atoms with Crippen molar-refractivity contribution in [2.75, 3.05) is 12.4 Å². The first-order chi connectivity index (χ1) is 16.3. The number of carbonyl (C=O) groups is 1. The molecular weight excluding hydrogens is 526 g/mol. The lowest BCUT2D eigenvalue weighted by Gasteiger charge is -2.12. The fourth-order valence-electron chi connectivity index (χ4n) is 2.86. The number of non-ortho nitro benzene ring substituents is 1. The van der Waals surface area contributed by atoms with Gasteiger partial charge >= 0.3 is 0 Å². The third-order valence-corrected chi connectivity index (χ3v) is 5.42. The highest BCUT2D eigenvalue weighted by atomic mass is 79.9. The molecule has 34 heavy (non-hydrogen) atoms. The molecule has 1 amide bonds. The van der Waals surface area contributed by atoms with Crippen LogP contribution >= 0.6 is 27.5 Å². The third-order valence-electron chi connectivity index (χ3n) is 4.58. The van der Waals surface area contributed by atoms with Crippen LogP contribution in [-0.4, -0.2) is 17.9 Å². The highest BCUT2D eigenvalue weighted by Crippen LogP contribution is 2.30. The van der Waals surface area contributed by atoms with Crippen molar-refractivity contribution in [1.29, 1.82) is 5.26 Å². The number of rotatable bonds is 8. The summed E-state index contributed by atoms with van der Waals surface area (Å²) in [4.78, 5) is 22.9. The van der Waals surface area contributed by atoms with Gasteiger partial charge in [0.15, 0.2) is 11.5 Å². The van der Waals surface area contributed by atoms with Gasteiger partial charge < -0.3 is 14.8 Å². The van der Waals surface area contributed by atoms with Crippen LogP contribution in [0.4, 0.5) is 11.4 Å². The molecule has 10 heteroatoms. The van der Waals surface area contributed by atoms with Gasteiger partial charge in [-0.1, -0.05) is 45.7 Å². The van der Waals surface area contributed by atoms with E-state index in [0.717, 1.165) is 16.1 Å². The van der Waals surface area contributed by atoms with Gasteiger partial charge in [-0.2, -0.15) is 5.26 Å². The fraction of sp³-hybridized carbons (Fsp3) is 0.0833. The maximum atomic E-state index is 12.6. The molecule has 0 heterocycles. The summed E-state index contributed by atoms with van der Waals surface area (Å²) in [5.74, 6) is 0.219. The van der Waals surface area contributed by atoms with E-state index in [1.165, 1.54) is 25.3 Å². The highest BCUT2D eigenvalue weighted by molar-refractivity contribution is 9.10. The zero-order valence-electron chi connectivity index (χ0n) is 17.7. The topological polar surface area (TPSA) is 114 Å². The van der Waals surface area contributed by atoms with Crippen LogP contribution in [-0.2, 0) is 11.4 Å². The summed E-state index contributed by atoms with van der Waals surface area (Å²) in [5.41, 5.74) is 1.22. The van der Waals surface area contributed by atoms with Gasteiger partial charge in [0.05, 0.1) is 22.7 Å². The van der Waals surface area contributed by atoms with E-state index in [2.05, 4.69) is 21.2 Å². The smallest absolute Gasteiger partial charge is 0.271 e. The zero-order chi connectivity index (χ0) is 24.7.